The molecule has 1 aromatic carbocycles. The summed E-state index contributed by atoms with van der Waals surface area (Å²) in [4.78, 5) is 3.50. The number of piperazine rings is 1. The Hall–Kier alpha value is -1.52. The molecule has 0 amide bonds. The van der Waals surface area contributed by atoms with Crippen LogP contribution in [0.2, 0.25) is 0 Å². The highest BCUT2D eigenvalue weighted by Gasteiger charge is 2.38. The van der Waals surface area contributed by atoms with E-state index in [9.17, 15) is 0 Å². The number of nitrogens with one attached hydrogen (secondary N) is 2. The van der Waals surface area contributed by atoms with Gasteiger partial charge in [-0.05, 0) is 42.9 Å². The Kier molecular flexibility index (Phi) is 5.00. The average molecular weight is 344 g/mol. The van der Waals surface area contributed by atoms with Crippen molar-refractivity contribution in [2.24, 2.45) is 17.8 Å². The Morgan fingerprint density at radius 3 is 2.40 bits per heavy atom. The summed E-state index contributed by atoms with van der Waals surface area (Å²) in [6.45, 7) is 7.54. The van der Waals surface area contributed by atoms with Crippen LogP contribution in [0, 0.1) is 17.8 Å². The van der Waals surface area contributed by atoms with Crippen LogP contribution in [0.5, 0.6) is 11.5 Å². The minimum absolute atomic E-state index is 0.893. The van der Waals surface area contributed by atoms with Crippen molar-refractivity contribution in [3.63, 3.8) is 0 Å². The van der Waals surface area contributed by atoms with Crippen LogP contribution in [0.3, 0.4) is 0 Å². The van der Waals surface area contributed by atoms with Crippen molar-refractivity contribution in [1.82, 2.24) is 0 Å². The van der Waals surface area contributed by atoms with Gasteiger partial charge in [-0.1, -0.05) is 12.2 Å². The predicted octanol–water partition coefficient (Wildman–Crippen LogP) is 0.199. The van der Waals surface area contributed by atoms with E-state index < -0.39 is 0 Å². The first-order valence-corrected chi connectivity index (χ1v) is 9.81. The quantitative estimate of drug-likeness (QED) is 0.722. The van der Waals surface area contributed by atoms with Crippen LogP contribution in [0.4, 0.5) is 0 Å². The number of hydrogen-bond donors (Lipinski definition) is 2. The average Bonchev–Trinajstić information content (AvgIpc) is 3.26. The lowest BCUT2D eigenvalue weighted by Crippen LogP contribution is -3.27. The summed E-state index contributed by atoms with van der Waals surface area (Å²) in [5.74, 6) is 4.65. The zero-order valence-corrected chi connectivity index (χ0v) is 15.6. The number of fused-ring (bicyclic) bond motifs is 2. The van der Waals surface area contributed by atoms with Gasteiger partial charge in [-0.25, -0.2) is 0 Å². The maximum atomic E-state index is 5.54. The molecule has 2 aliphatic carbocycles. The number of rotatable bonds is 6. The van der Waals surface area contributed by atoms with E-state index in [1.165, 1.54) is 51.1 Å². The summed E-state index contributed by atoms with van der Waals surface area (Å²) < 4.78 is 10.9. The minimum atomic E-state index is 0.893. The molecule has 1 saturated carbocycles. The van der Waals surface area contributed by atoms with Gasteiger partial charge in [0.1, 0.15) is 44.2 Å². The van der Waals surface area contributed by atoms with E-state index in [0.717, 1.165) is 35.8 Å². The molecule has 4 rings (SSSR count). The van der Waals surface area contributed by atoms with E-state index in [-0.39, 0.29) is 0 Å². The van der Waals surface area contributed by atoms with Gasteiger partial charge in [0.05, 0.1) is 26.3 Å². The first kappa shape index (κ1) is 16.9. The molecule has 2 bridgehead atoms. The normalized spacial score (nSPS) is 33.6. The van der Waals surface area contributed by atoms with Crippen molar-refractivity contribution >= 4 is 0 Å². The summed E-state index contributed by atoms with van der Waals surface area (Å²) in [5, 5.41) is 0. The van der Waals surface area contributed by atoms with E-state index >= 15 is 0 Å². The fraction of sp³-hybridized carbons (Fsp3) is 0.619. The lowest BCUT2D eigenvalue weighted by Gasteiger charge is -2.32. The molecule has 136 valence electrons. The number of hydrogen-bond acceptors (Lipinski definition) is 2. The maximum Gasteiger partial charge on any atom is 0.127 e. The summed E-state index contributed by atoms with van der Waals surface area (Å²) in [6.07, 6.45) is 7.84. The molecule has 1 heterocycles. The van der Waals surface area contributed by atoms with Crippen LogP contribution in [0.1, 0.15) is 18.4 Å². The summed E-state index contributed by atoms with van der Waals surface area (Å²) >= 11 is 0. The largest absolute Gasteiger partial charge is 0.497 e. The third kappa shape index (κ3) is 3.70. The van der Waals surface area contributed by atoms with E-state index in [1.807, 2.05) is 17.0 Å². The number of ether oxygens (including phenoxy) is 2. The van der Waals surface area contributed by atoms with Gasteiger partial charge in [-0.15, -0.1) is 0 Å². The van der Waals surface area contributed by atoms with Crippen molar-refractivity contribution in [2.75, 3.05) is 46.9 Å². The second-order valence-corrected chi connectivity index (χ2v) is 8.10. The molecular weight excluding hydrogens is 312 g/mol. The van der Waals surface area contributed by atoms with Crippen LogP contribution < -0.4 is 19.3 Å². The molecule has 25 heavy (non-hydrogen) atoms. The monoisotopic (exact) mass is 344 g/mol. The molecule has 1 saturated heterocycles. The highest BCUT2D eigenvalue weighted by molar-refractivity contribution is 5.39. The van der Waals surface area contributed by atoms with Crippen molar-refractivity contribution in [3.05, 3.63) is 35.9 Å². The third-order valence-corrected chi connectivity index (χ3v) is 6.56. The molecule has 0 aromatic heterocycles. The second kappa shape index (κ2) is 7.38. The lowest BCUT2D eigenvalue weighted by atomic mass is 9.93. The van der Waals surface area contributed by atoms with Crippen LogP contribution in [-0.4, -0.2) is 46.9 Å². The first-order valence-electron chi connectivity index (χ1n) is 9.81. The van der Waals surface area contributed by atoms with Crippen LogP contribution in [0.25, 0.3) is 0 Å². The van der Waals surface area contributed by atoms with Crippen molar-refractivity contribution in [3.8, 4) is 11.5 Å². The van der Waals surface area contributed by atoms with Gasteiger partial charge in [0.25, 0.3) is 0 Å². The van der Waals surface area contributed by atoms with E-state index in [1.54, 1.807) is 19.1 Å². The molecule has 1 aliphatic heterocycles. The van der Waals surface area contributed by atoms with Crippen LogP contribution in [-0.2, 0) is 6.54 Å². The van der Waals surface area contributed by atoms with Crippen molar-refractivity contribution in [2.45, 2.75) is 19.4 Å². The molecule has 4 heteroatoms. The van der Waals surface area contributed by atoms with Gasteiger partial charge in [0.15, 0.2) is 0 Å². The Morgan fingerprint density at radius 2 is 1.76 bits per heavy atom. The van der Waals surface area contributed by atoms with Gasteiger partial charge < -0.3 is 19.3 Å². The molecule has 1 aromatic rings. The summed E-state index contributed by atoms with van der Waals surface area (Å²) in [6, 6.07) is 6.13. The molecule has 3 atom stereocenters. The Labute approximate surface area is 151 Å². The first-order chi connectivity index (χ1) is 12.2. The Balaban J connectivity index is 1.29. The van der Waals surface area contributed by atoms with Gasteiger partial charge in [-0.2, -0.15) is 0 Å². The smallest absolute Gasteiger partial charge is 0.127 e. The van der Waals surface area contributed by atoms with E-state index in [4.69, 9.17) is 9.47 Å². The van der Waals surface area contributed by atoms with Gasteiger partial charge in [-0.3, -0.25) is 0 Å². The van der Waals surface area contributed by atoms with E-state index in [2.05, 4.69) is 18.2 Å². The standard InChI is InChI=1S/C21H30N2O2/c1-24-20-5-6-21(25-2)19(13-20)15-23-9-7-22(8-10-23)14-18-12-16-3-4-17(18)11-16/h3-6,13,16-18H,7-12,14-15H2,1-2H3/p+2/t16-,17+,18+/m1/s1. The second-order valence-electron chi connectivity index (χ2n) is 8.10. The summed E-state index contributed by atoms with van der Waals surface area (Å²) in [5.41, 5.74) is 1.26. The topological polar surface area (TPSA) is 27.3 Å². The van der Waals surface area contributed by atoms with Crippen molar-refractivity contribution in [1.29, 1.82) is 0 Å². The molecule has 4 nitrogen and oxygen atoms in total. The molecular formula is C21H32N2O2+2. The highest BCUT2D eigenvalue weighted by atomic mass is 16.5. The minimum Gasteiger partial charge on any atom is -0.497 e. The number of methoxy groups -OCH3 is 2. The fourth-order valence-corrected chi connectivity index (χ4v) is 5.13. The molecule has 3 aliphatic rings. The number of quaternary nitrogens is 2. The molecule has 2 fully saturated rings. The zero-order valence-electron chi connectivity index (χ0n) is 15.6. The number of allylic oxidation sites excluding steroid dienone is 2. The Morgan fingerprint density at radius 1 is 0.960 bits per heavy atom. The molecule has 0 unspecified atom stereocenters. The Bertz CT molecular complexity index is 622. The molecule has 0 radical (unpaired) electrons. The summed E-state index contributed by atoms with van der Waals surface area (Å²) in [7, 11) is 3.48. The highest BCUT2D eigenvalue weighted by Crippen LogP contribution is 2.42. The molecule has 2 N–H and O–H groups in total. The molecule has 0 spiro atoms. The maximum absolute atomic E-state index is 5.54. The van der Waals surface area contributed by atoms with Crippen molar-refractivity contribution < 1.29 is 19.3 Å². The van der Waals surface area contributed by atoms with Crippen LogP contribution in [0.15, 0.2) is 30.4 Å². The van der Waals surface area contributed by atoms with E-state index in [0.29, 0.717) is 0 Å². The van der Waals surface area contributed by atoms with Crippen LogP contribution >= 0.6 is 0 Å². The van der Waals surface area contributed by atoms with Gasteiger partial charge in [0, 0.05) is 5.92 Å². The van der Waals surface area contributed by atoms with Gasteiger partial charge >= 0.3 is 0 Å². The number of benzene rings is 1. The fourth-order valence-electron chi connectivity index (χ4n) is 5.13. The third-order valence-electron chi connectivity index (χ3n) is 6.56. The lowest BCUT2D eigenvalue weighted by molar-refractivity contribution is -1.02. The zero-order chi connectivity index (χ0) is 17.2. The predicted molar refractivity (Wildman–Crippen MR) is 98.4 cm³/mol. The van der Waals surface area contributed by atoms with Gasteiger partial charge in [0.2, 0.25) is 0 Å². The SMILES string of the molecule is COc1ccc(OC)c(C[NH+]2CC[NH+](C[C@@H]3C[C@@H]4C=C[C@H]3C4)CC2)c1.